The van der Waals surface area contributed by atoms with Crippen LogP contribution in [0.1, 0.15) is 50.6 Å². The van der Waals surface area contributed by atoms with E-state index in [-0.39, 0.29) is 36.0 Å². The molecule has 3 aromatic rings. The minimum absolute atomic E-state index is 0.0681. The molecule has 0 spiro atoms. The minimum Gasteiger partial charge on any atom is -0.462 e. The largest absolute Gasteiger partial charge is 0.462 e. The quantitative estimate of drug-likeness (QED) is 0.299. The molecule has 0 atom stereocenters. The van der Waals surface area contributed by atoms with E-state index in [1.54, 1.807) is 48.7 Å². The number of hydrogen-bond acceptors (Lipinski definition) is 6. The minimum atomic E-state index is -0.554. The predicted octanol–water partition coefficient (Wildman–Crippen LogP) is 4.58. The van der Waals surface area contributed by atoms with Crippen LogP contribution in [-0.4, -0.2) is 41.1 Å². The Labute approximate surface area is 179 Å². The molecular weight excluding hydrogens is 402 g/mol. The highest BCUT2D eigenvalue weighted by Gasteiger charge is 2.29. The number of ether oxygens (including phenoxy) is 2. The van der Waals surface area contributed by atoms with Crippen LogP contribution in [0.15, 0.2) is 53.6 Å². The van der Waals surface area contributed by atoms with E-state index < -0.39 is 11.9 Å². The summed E-state index contributed by atoms with van der Waals surface area (Å²) in [6, 6.07) is 12.6. The molecule has 0 amide bonds. The van der Waals surface area contributed by atoms with Gasteiger partial charge in [-0.2, -0.15) is 0 Å². The molecule has 0 saturated heterocycles. The van der Waals surface area contributed by atoms with Crippen LogP contribution in [0.2, 0.25) is 0 Å². The van der Waals surface area contributed by atoms with Crippen LogP contribution in [0.5, 0.6) is 0 Å². The number of aryl methyl sites for hydroxylation is 1. The first kappa shape index (κ1) is 21.6. The van der Waals surface area contributed by atoms with E-state index >= 15 is 0 Å². The van der Waals surface area contributed by atoms with Gasteiger partial charge in [-0.15, -0.1) is 11.8 Å². The zero-order valence-electron chi connectivity index (χ0n) is 17.1. The number of benzene rings is 1. The Morgan fingerprint density at radius 3 is 2.30 bits per heavy atom. The lowest BCUT2D eigenvalue weighted by Gasteiger charge is -2.07. The number of rotatable bonds is 8. The summed E-state index contributed by atoms with van der Waals surface area (Å²) in [6.45, 7) is 5.73. The van der Waals surface area contributed by atoms with E-state index in [9.17, 15) is 14.4 Å². The normalized spacial score (nSPS) is 10.8. The number of aromatic nitrogens is 1. The monoisotopic (exact) mass is 425 g/mol. The number of nitrogens with zero attached hydrogens (tertiary/aromatic N) is 1. The summed E-state index contributed by atoms with van der Waals surface area (Å²) in [7, 11) is 0. The number of carbonyl (C=O) groups excluding carboxylic acids is 3. The Balaban J connectivity index is 2.12. The summed E-state index contributed by atoms with van der Waals surface area (Å²) in [5.41, 5.74) is 2.54. The first-order chi connectivity index (χ1) is 14.5. The van der Waals surface area contributed by atoms with Gasteiger partial charge in [0.15, 0.2) is 5.78 Å². The van der Waals surface area contributed by atoms with Crippen LogP contribution in [-0.2, 0) is 9.47 Å². The highest BCUT2D eigenvalue weighted by Crippen LogP contribution is 2.35. The number of ketones is 1. The molecule has 6 nitrogen and oxygen atoms in total. The third-order valence-corrected chi connectivity index (χ3v) is 5.53. The van der Waals surface area contributed by atoms with Crippen molar-refractivity contribution in [3.05, 3.63) is 71.0 Å². The molecular formula is C23H23NO5S. The summed E-state index contributed by atoms with van der Waals surface area (Å²) < 4.78 is 12.1. The van der Waals surface area contributed by atoms with Gasteiger partial charge in [0, 0.05) is 11.8 Å². The van der Waals surface area contributed by atoms with Gasteiger partial charge in [-0.1, -0.05) is 30.3 Å². The van der Waals surface area contributed by atoms with E-state index in [4.69, 9.17) is 9.47 Å². The van der Waals surface area contributed by atoms with Crippen LogP contribution >= 0.6 is 11.8 Å². The van der Waals surface area contributed by atoms with Crippen molar-refractivity contribution in [2.75, 3.05) is 19.0 Å². The molecule has 2 heterocycles. The SMILES string of the molecule is CCOC(=O)c1c(SCC(=O)c2ccccc2)c(C(=O)OCC)n2ccc(C)cc12. The van der Waals surface area contributed by atoms with Crippen LogP contribution < -0.4 is 0 Å². The smallest absolute Gasteiger partial charge is 0.356 e. The average Bonchev–Trinajstić information content (AvgIpc) is 3.06. The number of esters is 2. The number of Topliss-reactive ketones (excluding diaryl/α,β-unsaturated/α-hetero) is 1. The molecule has 0 unspecified atom stereocenters. The number of hydrogen-bond donors (Lipinski definition) is 0. The maximum absolute atomic E-state index is 12.8. The molecule has 0 aliphatic heterocycles. The van der Waals surface area contributed by atoms with Gasteiger partial charge in [0.2, 0.25) is 0 Å². The van der Waals surface area contributed by atoms with Crippen molar-refractivity contribution >= 4 is 35.0 Å². The molecule has 0 bridgehead atoms. The fourth-order valence-electron chi connectivity index (χ4n) is 3.11. The number of pyridine rings is 1. The molecule has 30 heavy (non-hydrogen) atoms. The lowest BCUT2D eigenvalue weighted by molar-refractivity contribution is 0.0514. The van der Waals surface area contributed by atoms with Crippen LogP contribution in [0.25, 0.3) is 5.52 Å². The van der Waals surface area contributed by atoms with Gasteiger partial charge in [-0.25, -0.2) is 9.59 Å². The fraction of sp³-hybridized carbons (Fsp3) is 0.261. The Hall–Kier alpha value is -3.06. The van der Waals surface area contributed by atoms with E-state index in [1.165, 1.54) is 0 Å². The maximum atomic E-state index is 12.8. The summed E-state index contributed by atoms with van der Waals surface area (Å²) >= 11 is 1.14. The summed E-state index contributed by atoms with van der Waals surface area (Å²) in [5, 5.41) is 0. The van der Waals surface area contributed by atoms with Gasteiger partial charge in [0.25, 0.3) is 0 Å². The molecule has 0 aliphatic carbocycles. The molecule has 7 heteroatoms. The van der Waals surface area contributed by atoms with E-state index in [1.807, 2.05) is 25.1 Å². The zero-order valence-corrected chi connectivity index (χ0v) is 18.0. The summed E-state index contributed by atoms with van der Waals surface area (Å²) in [5.74, 6) is -1.12. The molecule has 0 radical (unpaired) electrons. The van der Waals surface area contributed by atoms with E-state index in [2.05, 4.69) is 0 Å². The second kappa shape index (κ2) is 9.63. The molecule has 3 rings (SSSR count). The Morgan fingerprint density at radius 1 is 0.967 bits per heavy atom. The van der Waals surface area contributed by atoms with Crippen molar-refractivity contribution in [3.63, 3.8) is 0 Å². The first-order valence-corrected chi connectivity index (χ1v) is 10.7. The molecule has 1 aromatic carbocycles. The van der Waals surface area contributed by atoms with Crippen molar-refractivity contribution in [1.29, 1.82) is 0 Å². The third-order valence-electron chi connectivity index (χ3n) is 4.44. The molecule has 156 valence electrons. The Bertz CT molecular complexity index is 1090. The second-order valence-electron chi connectivity index (χ2n) is 6.53. The molecule has 0 fully saturated rings. The predicted molar refractivity (Wildman–Crippen MR) is 116 cm³/mol. The molecule has 2 aromatic heterocycles. The third kappa shape index (κ3) is 4.41. The Morgan fingerprint density at radius 2 is 1.63 bits per heavy atom. The van der Waals surface area contributed by atoms with Crippen molar-refractivity contribution in [3.8, 4) is 0 Å². The van der Waals surface area contributed by atoms with Crippen LogP contribution in [0.4, 0.5) is 0 Å². The number of thioether (sulfide) groups is 1. The van der Waals surface area contributed by atoms with Crippen LogP contribution in [0.3, 0.4) is 0 Å². The summed E-state index contributed by atoms with van der Waals surface area (Å²) in [6.07, 6.45) is 1.72. The van der Waals surface area contributed by atoms with Crippen molar-refractivity contribution in [2.24, 2.45) is 0 Å². The maximum Gasteiger partial charge on any atom is 0.356 e. The molecule has 0 saturated carbocycles. The van der Waals surface area contributed by atoms with Gasteiger partial charge in [0.05, 0.1) is 34.9 Å². The average molecular weight is 426 g/mol. The molecule has 0 aliphatic rings. The van der Waals surface area contributed by atoms with E-state index in [0.29, 0.717) is 16.0 Å². The fourth-order valence-corrected chi connectivity index (χ4v) is 4.21. The standard InChI is InChI=1S/C23H23NO5S/c1-4-28-22(26)19-17-13-15(3)11-12-24(17)20(23(27)29-5-2)21(19)30-14-18(25)16-9-7-6-8-10-16/h6-13H,4-5,14H2,1-3H3. The van der Waals surface area contributed by atoms with E-state index in [0.717, 1.165) is 17.3 Å². The zero-order chi connectivity index (χ0) is 21.7. The Kier molecular flexibility index (Phi) is 6.95. The van der Waals surface area contributed by atoms with Crippen molar-refractivity contribution in [1.82, 2.24) is 4.40 Å². The first-order valence-electron chi connectivity index (χ1n) is 9.67. The van der Waals surface area contributed by atoms with Gasteiger partial charge in [-0.3, -0.25) is 4.79 Å². The van der Waals surface area contributed by atoms with Gasteiger partial charge < -0.3 is 13.9 Å². The number of carbonyl (C=O) groups is 3. The molecule has 0 N–H and O–H groups in total. The van der Waals surface area contributed by atoms with Gasteiger partial charge >= 0.3 is 11.9 Å². The summed E-state index contributed by atoms with van der Waals surface area (Å²) in [4.78, 5) is 38.6. The lowest BCUT2D eigenvalue weighted by atomic mass is 10.2. The van der Waals surface area contributed by atoms with Crippen molar-refractivity contribution < 1.29 is 23.9 Å². The van der Waals surface area contributed by atoms with Gasteiger partial charge in [0.1, 0.15) is 5.69 Å². The highest BCUT2D eigenvalue weighted by atomic mass is 32.2. The second-order valence-corrected chi connectivity index (χ2v) is 7.52. The van der Waals surface area contributed by atoms with Gasteiger partial charge in [-0.05, 0) is 38.5 Å². The van der Waals surface area contributed by atoms with Crippen LogP contribution in [0, 0.1) is 6.92 Å². The number of fused-ring (bicyclic) bond motifs is 1. The highest BCUT2D eigenvalue weighted by molar-refractivity contribution is 8.00. The van der Waals surface area contributed by atoms with Crippen molar-refractivity contribution in [2.45, 2.75) is 25.7 Å². The topological polar surface area (TPSA) is 74.1 Å². The lowest BCUT2D eigenvalue weighted by Crippen LogP contribution is -2.11.